The lowest BCUT2D eigenvalue weighted by atomic mass is 9.84. The SMILES string of the molecule is Cn1c2ccc(OC[C@H](O/N=C(\C(=O)N[C@@H]3C(=O)N(OS(=O)(=O)[O-])C3(C)C)c3csc(N)n3)C(=O)O)cc2c[n+]1C1CCC(N)CC1. The van der Waals surface area contributed by atoms with Crippen molar-refractivity contribution in [3.63, 3.8) is 0 Å². The number of nitrogens with two attached hydrogens (primary N) is 2. The maximum Gasteiger partial charge on any atom is 0.351 e. The van der Waals surface area contributed by atoms with Crippen LogP contribution in [0.2, 0.25) is 0 Å². The van der Waals surface area contributed by atoms with Crippen LogP contribution in [-0.4, -0.2) is 86.6 Å². The number of anilines is 1. The summed E-state index contributed by atoms with van der Waals surface area (Å²) in [6, 6.07) is 4.53. The number of aromatic nitrogens is 3. The van der Waals surface area contributed by atoms with Gasteiger partial charge in [-0.05, 0) is 44.9 Å². The van der Waals surface area contributed by atoms with Gasteiger partial charge in [-0.15, -0.1) is 16.0 Å². The minimum atomic E-state index is -5.26. The van der Waals surface area contributed by atoms with Crippen LogP contribution in [0.15, 0.2) is 34.9 Å². The van der Waals surface area contributed by atoms with Crippen LogP contribution < -0.4 is 26.2 Å². The van der Waals surface area contributed by atoms with Gasteiger partial charge >= 0.3 is 5.97 Å². The first-order valence-corrected chi connectivity index (χ1v) is 16.6. The van der Waals surface area contributed by atoms with Crippen molar-refractivity contribution in [3.8, 4) is 5.75 Å². The zero-order chi connectivity index (χ0) is 34.3. The zero-order valence-corrected chi connectivity index (χ0v) is 27.2. The molecule has 6 N–H and O–H groups in total. The predicted molar refractivity (Wildman–Crippen MR) is 163 cm³/mol. The third kappa shape index (κ3) is 7.30. The Balaban J connectivity index is 1.29. The number of carbonyl (C=O) groups excluding carboxylic acids is 2. The number of nitrogens with zero attached hydrogens (tertiary/aromatic N) is 5. The number of carbonyl (C=O) groups is 3. The number of carboxylic acid groups (broad SMARTS) is 1. The number of hydrogen-bond donors (Lipinski definition) is 4. The van der Waals surface area contributed by atoms with Crippen LogP contribution in [-0.2, 0) is 41.0 Å². The molecule has 20 heteroatoms. The Kier molecular flexibility index (Phi) is 9.42. The number of oxime groups is 1. The molecule has 254 valence electrons. The lowest BCUT2D eigenvalue weighted by molar-refractivity contribution is -0.795. The van der Waals surface area contributed by atoms with Gasteiger partial charge in [0.15, 0.2) is 16.9 Å². The number of nitrogens with one attached hydrogen (secondary N) is 1. The summed E-state index contributed by atoms with van der Waals surface area (Å²) < 4.78 is 47.2. The van der Waals surface area contributed by atoms with Crippen molar-refractivity contribution < 1.29 is 51.0 Å². The molecule has 2 aliphatic rings. The van der Waals surface area contributed by atoms with Gasteiger partial charge in [-0.25, -0.2) is 18.2 Å². The molecule has 2 aromatic heterocycles. The van der Waals surface area contributed by atoms with Crippen LogP contribution >= 0.6 is 11.3 Å². The standard InChI is InChI=1S/C27H34N8O10S2/c1-27(2)22(24(37)35(27)45-47(40,41)42)31-23(36)21(18-13-46-26(29)30-18)32-44-20(25(38)39)12-43-17-8-9-19-14(10-17)11-34(33(19)3)16-6-4-15(28)5-7-16/h8-11,13,15-16,20,22H,4-7,12,28H2,1-3H3,(H4-,29,30,31,36,38,39,40,41,42)/b32-21-/t15?,16?,20-,22+/m0/s1. The van der Waals surface area contributed by atoms with Crippen LogP contribution in [0.25, 0.3) is 10.9 Å². The van der Waals surface area contributed by atoms with E-state index in [0.29, 0.717) is 16.9 Å². The number of carboxylic acids is 1. The topological polar surface area (TPSA) is 258 Å². The lowest BCUT2D eigenvalue weighted by Gasteiger charge is -2.51. The number of ether oxygens (including phenoxy) is 1. The van der Waals surface area contributed by atoms with Crippen molar-refractivity contribution in [3.05, 3.63) is 35.5 Å². The Hall–Kier alpha value is -4.37. The van der Waals surface area contributed by atoms with Gasteiger partial charge in [-0.1, -0.05) is 5.16 Å². The first kappa shape index (κ1) is 34.0. The van der Waals surface area contributed by atoms with Crippen LogP contribution in [0.3, 0.4) is 0 Å². The van der Waals surface area contributed by atoms with E-state index < -0.39 is 58.2 Å². The second kappa shape index (κ2) is 13.0. The number of rotatable bonds is 12. The average molecular weight is 695 g/mol. The fraction of sp³-hybridized carbons (Fsp3) is 0.481. The molecule has 2 fully saturated rings. The molecule has 5 rings (SSSR count). The number of thiazole rings is 1. The fourth-order valence-electron chi connectivity index (χ4n) is 5.54. The van der Waals surface area contributed by atoms with Gasteiger partial charge in [-0.3, -0.25) is 9.59 Å². The van der Waals surface area contributed by atoms with Crippen molar-refractivity contribution in [2.45, 2.75) is 69.3 Å². The minimum absolute atomic E-state index is 0.0589. The molecule has 1 saturated carbocycles. The molecule has 0 spiro atoms. The van der Waals surface area contributed by atoms with E-state index in [0.717, 1.165) is 47.9 Å². The van der Waals surface area contributed by atoms with Gasteiger partial charge in [0.2, 0.25) is 16.6 Å². The normalized spacial score (nSPS) is 22.1. The van der Waals surface area contributed by atoms with E-state index in [1.54, 1.807) is 12.1 Å². The third-order valence-corrected chi connectivity index (χ3v) is 9.13. The Morgan fingerprint density at radius 3 is 2.60 bits per heavy atom. The molecular formula is C27H34N8O10S2. The Morgan fingerprint density at radius 1 is 1.30 bits per heavy atom. The van der Waals surface area contributed by atoms with Crippen LogP contribution in [0.4, 0.5) is 5.13 Å². The molecule has 1 aliphatic heterocycles. The fourth-order valence-corrected chi connectivity index (χ4v) is 6.54. The molecule has 1 aliphatic carbocycles. The molecule has 0 unspecified atom stereocenters. The first-order chi connectivity index (χ1) is 22.0. The molecule has 2 amide bonds. The van der Waals surface area contributed by atoms with E-state index in [2.05, 4.69) is 29.1 Å². The van der Waals surface area contributed by atoms with Crippen LogP contribution in [0.5, 0.6) is 5.75 Å². The second-order valence-corrected chi connectivity index (χ2v) is 13.6. The lowest BCUT2D eigenvalue weighted by Crippen LogP contribution is -2.76. The van der Waals surface area contributed by atoms with Crippen molar-refractivity contribution >= 4 is 61.3 Å². The van der Waals surface area contributed by atoms with Gasteiger partial charge < -0.3 is 36.0 Å². The molecule has 1 aromatic carbocycles. The van der Waals surface area contributed by atoms with Crippen LogP contribution in [0, 0.1) is 0 Å². The predicted octanol–water partition coefficient (Wildman–Crippen LogP) is -0.303. The summed E-state index contributed by atoms with van der Waals surface area (Å²) >= 11 is 0.960. The highest BCUT2D eigenvalue weighted by Crippen LogP contribution is 2.33. The van der Waals surface area contributed by atoms with Gasteiger partial charge in [0.1, 0.15) is 29.6 Å². The van der Waals surface area contributed by atoms with E-state index in [1.165, 1.54) is 19.2 Å². The quantitative estimate of drug-likeness (QED) is 0.0475. The molecule has 2 atom stereocenters. The zero-order valence-electron chi connectivity index (χ0n) is 25.6. The van der Waals surface area contributed by atoms with E-state index in [1.807, 2.05) is 19.3 Å². The van der Waals surface area contributed by atoms with Crippen LogP contribution in [0.1, 0.15) is 51.3 Å². The largest absolute Gasteiger partial charge is 0.724 e. The highest BCUT2D eigenvalue weighted by Gasteiger charge is 2.57. The van der Waals surface area contributed by atoms with E-state index >= 15 is 0 Å². The number of aryl methyl sites for hydroxylation is 1. The summed E-state index contributed by atoms with van der Waals surface area (Å²) in [5.74, 6) is -3.12. The van der Waals surface area contributed by atoms with Gasteiger partial charge in [-0.2, -0.15) is 14.0 Å². The molecule has 3 heterocycles. The number of hydrogen-bond acceptors (Lipinski definition) is 14. The molecular weight excluding hydrogens is 660 g/mol. The summed E-state index contributed by atoms with van der Waals surface area (Å²) in [4.78, 5) is 47.0. The Bertz CT molecular complexity index is 1830. The second-order valence-electron chi connectivity index (χ2n) is 11.8. The number of fused-ring (bicyclic) bond motifs is 1. The molecule has 0 radical (unpaired) electrons. The molecule has 1 saturated heterocycles. The molecule has 18 nitrogen and oxygen atoms in total. The first-order valence-electron chi connectivity index (χ1n) is 14.4. The van der Waals surface area contributed by atoms with E-state index in [4.69, 9.17) is 21.0 Å². The monoisotopic (exact) mass is 694 g/mol. The Labute approximate surface area is 272 Å². The number of hydroxylamine groups is 2. The number of β-lactam (4-membered cyclic amide) rings is 1. The molecule has 0 bridgehead atoms. The number of amides is 2. The summed E-state index contributed by atoms with van der Waals surface area (Å²) in [6.45, 7) is 2.19. The third-order valence-electron chi connectivity index (χ3n) is 8.13. The summed E-state index contributed by atoms with van der Waals surface area (Å²) in [5, 5.41) is 18.5. The number of benzene rings is 1. The number of aliphatic carboxylic acids is 1. The minimum Gasteiger partial charge on any atom is -0.724 e. The number of nitrogen functional groups attached to an aromatic ring is 1. The van der Waals surface area contributed by atoms with Gasteiger partial charge in [0, 0.05) is 24.3 Å². The maximum atomic E-state index is 13.2. The highest BCUT2D eigenvalue weighted by molar-refractivity contribution is 7.80. The van der Waals surface area contributed by atoms with Gasteiger partial charge in [0.05, 0.1) is 18.0 Å². The van der Waals surface area contributed by atoms with Crippen molar-refractivity contribution in [2.75, 3.05) is 12.3 Å². The Morgan fingerprint density at radius 2 is 2.00 bits per heavy atom. The summed E-state index contributed by atoms with van der Waals surface area (Å²) in [7, 11) is -3.30. The van der Waals surface area contributed by atoms with Crippen molar-refractivity contribution in [1.29, 1.82) is 0 Å². The highest BCUT2D eigenvalue weighted by atomic mass is 32.3. The average Bonchev–Trinajstić information content (AvgIpc) is 3.58. The smallest absolute Gasteiger partial charge is 0.351 e. The molecule has 3 aromatic rings. The van der Waals surface area contributed by atoms with E-state index in [9.17, 15) is 32.5 Å². The molecule has 47 heavy (non-hydrogen) atoms. The summed E-state index contributed by atoms with van der Waals surface area (Å²) in [6.07, 6.45) is 4.18. The van der Waals surface area contributed by atoms with E-state index in [-0.39, 0.29) is 16.9 Å². The van der Waals surface area contributed by atoms with Crippen molar-refractivity contribution in [2.24, 2.45) is 17.9 Å². The maximum absolute atomic E-state index is 13.2. The van der Waals surface area contributed by atoms with Gasteiger partial charge in [0.25, 0.3) is 17.9 Å². The summed E-state index contributed by atoms with van der Waals surface area (Å²) in [5.41, 5.74) is 10.7. The van der Waals surface area contributed by atoms with Crippen molar-refractivity contribution in [1.82, 2.24) is 20.0 Å².